The van der Waals surface area contributed by atoms with Crippen LogP contribution in [0.25, 0.3) is 0 Å². The molecule has 2 amide bonds. The largest absolute Gasteiger partial charge is 0.416 e. The Kier molecular flexibility index (Phi) is 9.63. The number of halogens is 6. The lowest BCUT2D eigenvalue weighted by Crippen LogP contribution is -2.48. The van der Waals surface area contributed by atoms with Crippen LogP contribution < -0.4 is 26.5 Å². The summed E-state index contributed by atoms with van der Waals surface area (Å²) in [6, 6.07) is 38.1. The predicted molar refractivity (Wildman–Crippen MR) is 175 cm³/mol. The molecule has 5 aromatic carbocycles. The molecule has 0 spiro atoms. The highest BCUT2D eigenvalue weighted by atomic mass is 31.2. The van der Waals surface area contributed by atoms with Crippen molar-refractivity contribution in [3.05, 3.63) is 156 Å². The SMILES string of the molecule is C[C@@](CN=P(c1ccccc1)(c1ccccc1)c1ccccc1)(NC(=O)Nc1cc(C(F)(F)F)cc(C(F)(F)F)c1)c1ccccc1. The lowest BCUT2D eigenvalue weighted by molar-refractivity contribution is -0.143. The van der Waals surface area contributed by atoms with Crippen molar-refractivity contribution in [3.8, 4) is 0 Å². The molecule has 2 N–H and O–H groups in total. The Labute approximate surface area is 268 Å². The first-order chi connectivity index (χ1) is 22.3. The van der Waals surface area contributed by atoms with Gasteiger partial charge in [-0.1, -0.05) is 121 Å². The third-order valence-corrected chi connectivity index (χ3v) is 11.3. The summed E-state index contributed by atoms with van der Waals surface area (Å²) in [5, 5.41) is 7.89. The fourth-order valence-corrected chi connectivity index (χ4v) is 9.01. The second kappa shape index (κ2) is 13.5. The van der Waals surface area contributed by atoms with Crippen LogP contribution in [-0.4, -0.2) is 12.6 Å². The van der Waals surface area contributed by atoms with Gasteiger partial charge in [-0.2, -0.15) is 26.3 Å². The molecule has 11 heteroatoms. The van der Waals surface area contributed by atoms with E-state index in [1.165, 1.54) is 0 Å². The van der Waals surface area contributed by atoms with Gasteiger partial charge in [-0.05, 0) is 30.7 Å². The van der Waals surface area contributed by atoms with E-state index in [2.05, 4.69) is 10.6 Å². The highest BCUT2D eigenvalue weighted by Crippen LogP contribution is 2.47. The van der Waals surface area contributed by atoms with Crippen molar-refractivity contribution in [1.82, 2.24) is 5.32 Å². The first-order valence-corrected chi connectivity index (χ1v) is 16.2. The highest BCUT2D eigenvalue weighted by Gasteiger charge is 2.38. The van der Waals surface area contributed by atoms with E-state index in [0.717, 1.165) is 15.9 Å². The van der Waals surface area contributed by atoms with Crippen molar-refractivity contribution in [2.75, 3.05) is 11.9 Å². The van der Waals surface area contributed by atoms with Crippen LogP contribution in [0.15, 0.2) is 144 Å². The smallest absolute Gasteiger partial charge is 0.327 e. The van der Waals surface area contributed by atoms with E-state index in [9.17, 15) is 31.1 Å². The number of carbonyl (C=O) groups is 1. The van der Waals surface area contributed by atoms with Crippen LogP contribution in [0.4, 0.5) is 36.8 Å². The molecule has 5 rings (SSSR count). The van der Waals surface area contributed by atoms with Crippen LogP contribution in [0.3, 0.4) is 0 Å². The van der Waals surface area contributed by atoms with E-state index < -0.39 is 47.8 Å². The lowest BCUT2D eigenvalue weighted by atomic mass is 9.92. The zero-order chi connectivity index (χ0) is 33.7. The Morgan fingerprint density at radius 2 is 0.979 bits per heavy atom. The number of carbonyl (C=O) groups excluding carboxylic acids is 1. The summed E-state index contributed by atoms with van der Waals surface area (Å²) < 4.78 is 86.4. The topological polar surface area (TPSA) is 53.5 Å². The molecule has 0 bridgehead atoms. The Balaban J connectivity index is 1.61. The van der Waals surface area contributed by atoms with Gasteiger partial charge in [0.05, 0.1) is 30.3 Å². The number of hydrogen-bond donors (Lipinski definition) is 2. The molecule has 0 saturated carbocycles. The van der Waals surface area contributed by atoms with Gasteiger partial charge >= 0.3 is 18.4 Å². The molecule has 4 nitrogen and oxygen atoms in total. The number of urea groups is 1. The average Bonchev–Trinajstić information content (AvgIpc) is 3.06. The number of amides is 2. The summed E-state index contributed by atoms with van der Waals surface area (Å²) in [6.07, 6.45) is -10.1. The van der Waals surface area contributed by atoms with Gasteiger partial charge in [0.1, 0.15) is 0 Å². The second-order valence-corrected chi connectivity index (χ2v) is 14.1. The number of benzene rings is 5. The van der Waals surface area contributed by atoms with Gasteiger partial charge in [-0.3, -0.25) is 4.74 Å². The monoisotopic (exact) mass is 665 g/mol. The van der Waals surface area contributed by atoms with Crippen molar-refractivity contribution in [1.29, 1.82) is 0 Å². The molecule has 0 heterocycles. The molecule has 0 aromatic heterocycles. The van der Waals surface area contributed by atoms with Crippen molar-refractivity contribution in [3.63, 3.8) is 0 Å². The number of alkyl halides is 6. The molecule has 0 saturated heterocycles. The predicted octanol–water partition coefficient (Wildman–Crippen LogP) is 8.94. The molecule has 0 radical (unpaired) electrons. The molecular formula is C36H30F6N3OP. The number of hydrogen-bond acceptors (Lipinski definition) is 2. The Bertz CT molecular complexity index is 1730. The molecule has 0 aliphatic rings. The van der Waals surface area contributed by atoms with E-state index in [4.69, 9.17) is 4.74 Å². The van der Waals surface area contributed by atoms with E-state index in [1.54, 1.807) is 37.3 Å². The molecule has 242 valence electrons. The normalized spacial score (nSPS) is 13.3. The van der Waals surface area contributed by atoms with Crippen LogP contribution in [-0.2, 0) is 17.9 Å². The van der Waals surface area contributed by atoms with Crippen molar-refractivity contribution in [2.24, 2.45) is 4.74 Å². The number of nitrogens with zero attached hydrogens (tertiary/aromatic N) is 1. The van der Waals surface area contributed by atoms with Crippen molar-refractivity contribution < 1.29 is 31.1 Å². The number of nitrogens with one attached hydrogen (secondary N) is 2. The fraction of sp³-hybridized carbons (Fsp3) is 0.139. The summed E-state index contributed by atoms with van der Waals surface area (Å²) in [6.45, 7) is 1.72. The van der Waals surface area contributed by atoms with Gasteiger partial charge in [-0.25, -0.2) is 4.79 Å². The molecular weight excluding hydrogens is 635 g/mol. The van der Waals surface area contributed by atoms with E-state index >= 15 is 0 Å². The van der Waals surface area contributed by atoms with Crippen molar-refractivity contribution >= 4 is 34.7 Å². The molecule has 0 aliphatic heterocycles. The standard InChI is InChI=1S/C36H30F6N3OP/c1-34(26-14-6-2-7-15-26,45-33(46)44-29-23-27(35(37,38)39)22-28(24-29)36(40,41)42)25-43-47(30-16-8-3-9-17-30,31-18-10-4-11-19-31)32-20-12-5-13-21-32/h2-24H,25H2,1H3,(H2,44,45,46)/t34-/m0/s1. The Morgan fingerprint density at radius 3 is 1.36 bits per heavy atom. The fourth-order valence-electron chi connectivity index (χ4n) is 5.32. The summed E-state index contributed by atoms with van der Waals surface area (Å²) in [7, 11) is -2.73. The summed E-state index contributed by atoms with van der Waals surface area (Å²) >= 11 is 0. The van der Waals surface area contributed by atoms with E-state index in [-0.39, 0.29) is 12.6 Å². The maximum absolute atomic E-state index is 13.5. The molecule has 5 aromatic rings. The minimum atomic E-state index is -5.06. The first kappa shape index (κ1) is 33.5. The third kappa shape index (κ3) is 7.60. The van der Waals surface area contributed by atoms with Crippen LogP contribution in [0.1, 0.15) is 23.6 Å². The minimum Gasteiger partial charge on any atom is -0.327 e. The average molecular weight is 666 g/mol. The van der Waals surface area contributed by atoms with Crippen molar-refractivity contribution in [2.45, 2.75) is 24.8 Å². The van der Waals surface area contributed by atoms with Crippen LogP contribution in [0.5, 0.6) is 0 Å². The van der Waals surface area contributed by atoms with Crippen LogP contribution in [0.2, 0.25) is 0 Å². The maximum atomic E-state index is 13.5. The zero-order valence-corrected chi connectivity index (χ0v) is 26.0. The number of rotatable bonds is 8. The van der Waals surface area contributed by atoms with Gasteiger partial charge in [0, 0.05) is 21.6 Å². The van der Waals surface area contributed by atoms with Crippen LogP contribution in [0, 0.1) is 0 Å². The van der Waals surface area contributed by atoms with E-state index in [1.807, 2.05) is 91.0 Å². The summed E-state index contributed by atoms with van der Waals surface area (Å²) in [5.41, 5.74) is -4.34. The summed E-state index contributed by atoms with van der Waals surface area (Å²) in [4.78, 5) is 13.4. The first-order valence-electron chi connectivity index (χ1n) is 14.5. The van der Waals surface area contributed by atoms with Gasteiger partial charge in [-0.15, -0.1) is 0 Å². The third-order valence-electron chi connectivity index (χ3n) is 7.63. The molecule has 0 aliphatic carbocycles. The van der Waals surface area contributed by atoms with Gasteiger partial charge in [0.15, 0.2) is 0 Å². The van der Waals surface area contributed by atoms with Gasteiger partial charge in [0.25, 0.3) is 0 Å². The minimum absolute atomic E-state index is 0.00723. The van der Waals surface area contributed by atoms with E-state index in [0.29, 0.717) is 17.7 Å². The molecule has 0 unspecified atom stereocenters. The molecule has 1 atom stereocenters. The molecule has 47 heavy (non-hydrogen) atoms. The quantitative estimate of drug-likeness (QED) is 0.126. The highest BCUT2D eigenvalue weighted by molar-refractivity contribution is 7.87. The zero-order valence-electron chi connectivity index (χ0n) is 25.1. The van der Waals surface area contributed by atoms with Crippen LogP contribution >= 0.6 is 7.05 Å². The second-order valence-electron chi connectivity index (χ2n) is 11.0. The Morgan fingerprint density at radius 1 is 0.596 bits per heavy atom. The summed E-state index contributed by atoms with van der Waals surface area (Å²) in [5.74, 6) is 0. The lowest BCUT2D eigenvalue weighted by Gasteiger charge is -2.33. The van der Waals surface area contributed by atoms with Gasteiger partial charge in [0.2, 0.25) is 0 Å². The van der Waals surface area contributed by atoms with Gasteiger partial charge < -0.3 is 10.6 Å². The Hall–Kier alpha value is -4.82. The molecule has 0 fully saturated rings. The number of anilines is 1. The maximum Gasteiger partial charge on any atom is 0.416 e.